The monoisotopic (exact) mass is 211 g/mol. The van der Waals surface area contributed by atoms with Gasteiger partial charge in [0.25, 0.3) is 0 Å². The lowest BCUT2D eigenvalue weighted by atomic mass is 10.1. The molecule has 1 aromatic rings. The average molecular weight is 211 g/mol. The number of rotatable bonds is 2. The molecule has 1 aliphatic heterocycles. The molecule has 0 aromatic carbocycles. The fraction of sp³-hybridized carbons (Fsp3) is 0.700. The van der Waals surface area contributed by atoms with Gasteiger partial charge >= 0.3 is 0 Å². The smallest absolute Gasteiger partial charge is 0.107 e. The summed E-state index contributed by atoms with van der Waals surface area (Å²) in [7, 11) is 0. The number of aromatic nitrogens is 1. The third kappa shape index (κ3) is 2.53. The Bertz CT molecular complexity index is 289. The molecule has 1 aromatic heterocycles. The number of nitrogens with zero attached hydrogens (tertiary/aromatic N) is 2. The highest BCUT2D eigenvalue weighted by atomic mass is 32.1. The standard InChI is InChI=1S/C10H17N3S/c1-8-7-14-10(12-8)6-13-4-2-9(11)3-5-13/h7,9H,2-6,11H2,1H3. The Kier molecular flexibility index (Phi) is 3.15. The molecule has 2 rings (SSSR count). The van der Waals surface area contributed by atoms with Gasteiger partial charge in [-0.2, -0.15) is 0 Å². The maximum absolute atomic E-state index is 5.85. The molecule has 1 aliphatic rings. The molecule has 4 heteroatoms. The maximum atomic E-state index is 5.85. The second-order valence-corrected chi connectivity index (χ2v) is 4.94. The predicted octanol–water partition coefficient (Wildman–Crippen LogP) is 1.37. The van der Waals surface area contributed by atoms with Crippen LogP contribution in [0.25, 0.3) is 0 Å². The molecule has 3 nitrogen and oxygen atoms in total. The van der Waals surface area contributed by atoms with Crippen LogP contribution in [0.4, 0.5) is 0 Å². The molecule has 0 spiro atoms. The third-order valence-electron chi connectivity index (χ3n) is 2.66. The van der Waals surface area contributed by atoms with E-state index >= 15 is 0 Å². The minimum absolute atomic E-state index is 0.421. The second kappa shape index (κ2) is 4.38. The van der Waals surface area contributed by atoms with Crippen molar-refractivity contribution in [3.05, 3.63) is 16.1 Å². The Hall–Kier alpha value is -0.450. The van der Waals surface area contributed by atoms with Gasteiger partial charge in [-0.05, 0) is 19.8 Å². The normalized spacial score (nSPS) is 20.1. The summed E-state index contributed by atoms with van der Waals surface area (Å²) in [6, 6.07) is 0.421. The summed E-state index contributed by atoms with van der Waals surface area (Å²) >= 11 is 1.76. The molecule has 2 N–H and O–H groups in total. The van der Waals surface area contributed by atoms with Crippen LogP contribution >= 0.6 is 11.3 Å². The topological polar surface area (TPSA) is 42.1 Å². The van der Waals surface area contributed by atoms with E-state index in [4.69, 9.17) is 5.73 Å². The first-order valence-corrected chi connectivity index (χ1v) is 6.01. The summed E-state index contributed by atoms with van der Waals surface area (Å²) in [5.74, 6) is 0. The van der Waals surface area contributed by atoms with E-state index in [1.54, 1.807) is 11.3 Å². The largest absolute Gasteiger partial charge is 0.328 e. The van der Waals surface area contributed by atoms with Gasteiger partial charge in [0, 0.05) is 30.2 Å². The Morgan fingerprint density at radius 2 is 2.29 bits per heavy atom. The van der Waals surface area contributed by atoms with E-state index in [0.29, 0.717) is 6.04 Å². The summed E-state index contributed by atoms with van der Waals surface area (Å²) in [4.78, 5) is 6.92. The molecule has 0 aliphatic carbocycles. The first kappa shape index (κ1) is 10.1. The minimum Gasteiger partial charge on any atom is -0.328 e. The van der Waals surface area contributed by atoms with E-state index in [-0.39, 0.29) is 0 Å². The fourth-order valence-electron chi connectivity index (χ4n) is 1.78. The van der Waals surface area contributed by atoms with Crippen molar-refractivity contribution in [1.82, 2.24) is 9.88 Å². The van der Waals surface area contributed by atoms with Crippen molar-refractivity contribution in [3.63, 3.8) is 0 Å². The van der Waals surface area contributed by atoms with Crippen molar-refractivity contribution < 1.29 is 0 Å². The van der Waals surface area contributed by atoms with E-state index in [1.807, 2.05) is 6.92 Å². The van der Waals surface area contributed by atoms with Crippen LogP contribution in [0.1, 0.15) is 23.5 Å². The predicted molar refractivity (Wildman–Crippen MR) is 59.3 cm³/mol. The van der Waals surface area contributed by atoms with E-state index in [0.717, 1.165) is 38.2 Å². The number of aryl methyl sites for hydroxylation is 1. The van der Waals surface area contributed by atoms with Gasteiger partial charge in [-0.15, -0.1) is 11.3 Å². The summed E-state index contributed by atoms with van der Waals surface area (Å²) < 4.78 is 0. The Balaban J connectivity index is 1.86. The van der Waals surface area contributed by atoms with E-state index in [1.165, 1.54) is 5.01 Å². The van der Waals surface area contributed by atoms with Crippen molar-refractivity contribution in [3.8, 4) is 0 Å². The van der Waals surface area contributed by atoms with Crippen LogP contribution in [0.3, 0.4) is 0 Å². The van der Waals surface area contributed by atoms with Crippen LogP contribution in [0.5, 0.6) is 0 Å². The summed E-state index contributed by atoms with van der Waals surface area (Å²) in [6.07, 6.45) is 2.26. The highest BCUT2D eigenvalue weighted by molar-refractivity contribution is 7.09. The number of hydrogen-bond donors (Lipinski definition) is 1. The number of piperidine rings is 1. The summed E-state index contributed by atoms with van der Waals surface area (Å²) in [5, 5.41) is 3.35. The first-order valence-electron chi connectivity index (χ1n) is 5.13. The number of thiazole rings is 1. The third-order valence-corrected chi connectivity index (χ3v) is 3.61. The van der Waals surface area contributed by atoms with Crippen LogP contribution in [0.15, 0.2) is 5.38 Å². The number of nitrogens with two attached hydrogens (primary N) is 1. The zero-order chi connectivity index (χ0) is 9.97. The Morgan fingerprint density at radius 1 is 1.57 bits per heavy atom. The first-order chi connectivity index (χ1) is 6.74. The zero-order valence-electron chi connectivity index (χ0n) is 8.57. The number of hydrogen-bond acceptors (Lipinski definition) is 4. The van der Waals surface area contributed by atoms with E-state index in [2.05, 4.69) is 15.3 Å². The molecular weight excluding hydrogens is 194 g/mol. The highest BCUT2D eigenvalue weighted by Gasteiger charge is 2.16. The number of likely N-dealkylation sites (tertiary alicyclic amines) is 1. The van der Waals surface area contributed by atoms with Crippen molar-refractivity contribution in [1.29, 1.82) is 0 Å². The van der Waals surface area contributed by atoms with E-state index in [9.17, 15) is 0 Å². The van der Waals surface area contributed by atoms with Gasteiger partial charge in [0.1, 0.15) is 5.01 Å². The lowest BCUT2D eigenvalue weighted by molar-refractivity contribution is 0.205. The summed E-state index contributed by atoms with van der Waals surface area (Å²) in [5.41, 5.74) is 6.99. The van der Waals surface area contributed by atoms with Crippen molar-refractivity contribution in [2.24, 2.45) is 5.73 Å². The Labute approximate surface area is 88.9 Å². The van der Waals surface area contributed by atoms with Gasteiger partial charge in [-0.3, -0.25) is 4.90 Å². The molecule has 0 unspecified atom stereocenters. The maximum Gasteiger partial charge on any atom is 0.107 e. The molecule has 14 heavy (non-hydrogen) atoms. The van der Waals surface area contributed by atoms with Gasteiger partial charge in [-0.25, -0.2) is 4.98 Å². The molecule has 2 heterocycles. The van der Waals surface area contributed by atoms with Gasteiger partial charge in [-0.1, -0.05) is 0 Å². The molecule has 78 valence electrons. The Morgan fingerprint density at radius 3 is 2.86 bits per heavy atom. The van der Waals surface area contributed by atoms with Crippen LogP contribution in [0, 0.1) is 6.92 Å². The van der Waals surface area contributed by atoms with Crippen molar-refractivity contribution in [2.75, 3.05) is 13.1 Å². The highest BCUT2D eigenvalue weighted by Crippen LogP contribution is 2.15. The quantitative estimate of drug-likeness (QED) is 0.803. The van der Waals surface area contributed by atoms with Crippen LogP contribution < -0.4 is 5.73 Å². The summed E-state index contributed by atoms with van der Waals surface area (Å²) in [6.45, 7) is 5.30. The molecule has 1 fully saturated rings. The molecule has 0 amide bonds. The molecule has 0 atom stereocenters. The molecule has 0 bridgehead atoms. The molecule has 0 saturated carbocycles. The van der Waals surface area contributed by atoms with Gasteiger partial charge in [0.15, 0.2) is 0 Å². The van der Waals surface area contributed by atoms with E-state index < -0.39 is 0 Å². The SMILES string of the molecule is Cc1csc(CN2CCC(N)CC2)n1. The molecule has 0 radical (unpaired) electrons. The lowest BCUT2D eigenvalue weighted by Gasteiger charge is -2.29. The minimum atomic E-state index is 0.421. The molecule has 1 saturated heterocycles. The van der Waals surface area contributed by atoms with Gasteiger partial charge < -0.3 is 5.73 Å². The average Bonchev–Trinajstić information content (AvgIpc) is 2.56. The van der Waals surface area contributed by atoms with Crippen molar-refractivity contribution >= 4 is 11.3 Å². The molecular formula is C10H17N3S. The lowest BCUT2D eigenvalue weighted by Crippen LogP contribution is -2.39. The van der Waals surface area contributed by atoms with Crippen LogP contribution in [-0.2, 0) is 6.54 Å². The van der Waals surface area contributed by atoms with Crippen LogP contribution in [-0.4, -0.2) is 29.0 Å². The fourth-order valence-corrected chi connectivity index (χ4v) is 2.59. The van der Waals surface area contributed by atoms with Gasteiger partial charge in [0.05, 0.1) is 6.54 Å². The van der Waals surface area contributed by atoms with Gasteiger partial charge in [0.2, 0.25) is 0 Å². The zero-order valence-corrected chi connectivity index (χ0v) is 9.39. The second-order valence-electron chi connectivity index (χ2n) is 4.00. The van der Waals surface area contributed by atoms with Crippen LogP contribution in [0.2, 0.25) is 0 Å². The van der Waals surface area contributed by atoms with Crippen molar-refractivity contribution in [2.45, 2.75) is 32.4 Å².